The minimum atomic E-state index is -0.468. The van der Waals surface area contributed by atoms with E-state index in [0.717, 1.165) is 46.3 Å². The molecule has 0 radical (unpaired) electrons. The number of nitrogens with zero attached hydrogens (tertiary/aromatic N) is 3. The molecule has 2 aromatic heterocycles. The number of carbonyl (C=O) groups excluding carboxylic acids is 2. The van der Waals surface area contributed by atoms with Crippen molar-refractivity contribution in [3.8, 4) is 5.75 Å². The zero-order valence-electron chi connectivity index (χ0n) is 23.5. The Labute approximate surface area is 234 Å². The maximum Gasteiger partial charge on any atom is 0.342 e. The number of H-pyrrole nitrogens is 1. The van der Waals surface area contributed by atoms with Crippen molar-refractivity contribution in [2.24, 2.45) is 0 Å². The molecule has 0 bridgehead atoms. The van der Waals surface area contributed by atoms with Gasteiger partial charge >= 0.3 is 5.97 Å². The number of esters is 1. The molecule has 0 aliphatic carbocycles. The van der Waals surface area contributed by atoms with Gasteiger partial charge in [0.05, 0.1) is 27.1 Å². The number of benzene rings is 1. The first-order chi connectivity index (χ1) is 18.6. The normalized spacial score (nSPS) is 17.6. The first-order valence-electron chi connectivity index (χ1n) is 13.8. The maximum atomic E-state index is 13.8. The summed E-state index contributed by atoms with van der Waals surface area (Å²) in [6.45, 7) is 14.0. The maximum absolute atomic E-state index is 13.8. The number of rotatable bonds is 7. The fourth-order valence-corrected chi connectivity index (χ4v) is 6.60. The molecule has 0 spiro atoms. The number of hydrogen-bond donors (Lipinski definition) is 1. The molecule has 1 saturated heterocycles. The molecule has 1 amide bonds. The Bertz CT molecular complexity index is 1380. The summed E-state index contributed by atoms with van der Waals surface area (Å²) in [7, 11) is 0. The lowest BCUT2D eigenvalue weighted by atomic mass is 9.83. The Morgan fingerprint density at radius 1 is 1.13 bits per heavy atom. The van der Waals surface area contributed by atoms with Crippen LogP contribution in [0.25, 0.3) is 15.9 Å². The number of piperidine rings is 1. The van der Waals surface area contributed by atoms with E-state index in [-0.39, 0.29) is 12.0 Å². The third-order valence-electron chi connectivity index (χ3n) is 7.30. The number of nitrogens with one attached hydrogen (secondary N) is 1. The van der Waals surface area contributed by atoms with E-state index < -0.39 is 11.4 Å². The first-order valence-corrected chi connectivity index (χ1v) is 14.6. The van der Waals surface area contributed by atoms with Gasteiger partial charge in [-0.05, 0) is 71.0 Å². The van der Waals surface area contributed by atoms with Crippen LogP contribution in [0.3, 0.4) is 0 Å². The molecular weight excluding hydrogens is 512 g/mol. The van der Waals surface area contributed by atoms with Crippen LogP contribution >= 0.6 is 11.3 Å². The quantitative estimate of drug-likeness (QED) is 0.390. The molecule has 1 fully saturated rings. The minimum absolute atomic E-state index is 0.181. The number of amides is 1. The smallest absolute Gasteiger partial charge is 0.342 e. The number of fused-ring (bicyclic) bond motifs is 3. The molecule has 1 N–H and O–H groups in total. The minimum Gasteiger partial charge on any atom is -0.492 e. The monoisotopic (exact) mass is 550 g/mol. The molecule has 4 heterocycles. The fraction of sp³-hybridized carbons (Fsp3) is 0.500. The van der Waals surface area contributed by atoms with Gasteiger partial charge in [0, 0.05) is 35.8 Å². The van der Waals surface area contributed by atoms with Crippen LogP contribution in [0.5, 0.6) is 5.75 Å². The van der Waals surface area contributed by atoms with Gasteiger partial charge in [-0.1, -0.05) is 20.3 Å². The van der Waals surface area contributed by atoms with Crippen molar-refractivity contribution < 1.29 is 19.1 Å². The van der Waals surface area contributed by atoms with Gasteiger partial charge in [-0.3, -0.25) is 9.69 Å². The second kappa shape index (κ2) is 11.1. The Balaban J connectivity index is 1.39. The molecule has 39 heavy (non-hydrogen) atoms. The molecule has 0 saturated carbocycles. The van der Waals surface area contributed by atoms with Gasteiger partial charge in [-0.15, -0.1) is 11.3 Å². The lowest BCUT2D eigenvalue weighted by molar-refractivity contribution is -0.140. The van der Waals surface area contributed by atoms with Crippen LogP contribution in [-0.4, -0.2) is 70.5 Å². The van der Waals surface area contributed by atoms with E-state index in [2.05, 4.69) is 28.7 Å². The SMILES string of the molecule is Cc1nc2[nH]c3c(c2s1)C(C)(C)CN(C(=O)c1ccc(OCCN2CCCCC2)cc1)C=C3C(=O)OC(C)C. The van der Waals surface area contributed by atoms with Crippen LogP contribution in [0, 0.1) is 6.92 Å². The van der Waals surface area contributed by atoms with Crippen molar-refractivity contribution in [1.29, 1.82) is 0 Å². The second-order valence-corrected chi connectivity index (χ2v) is 12.6. The number of carbonyl (C=O) groups is 2. The molecule has 0 atom stereocenters. The lowest BCUT2D eigenvalue weighted by Gasteiger charge is -2.29. The van der Waals surface area contributed by atoms with Gasteiger partial charge in [0.2, 0.25) is 0 Å². The Hall–Kier alpha value is -3.17. The summed E-state index contributed by atoms with van der Waals surface area (Å²) < 4.78 is 12.6. The number of ether oxygens (including phenoxy) is 2. The van der Waals surface area contributed by atoms with Crippen LogP contribution < -0.4 is 4.74 Å². The van der Waals surface area contributed by atoms with E-state index in [1.807, 2.05) is 32.9 Å². The van der Waals surface area contributed by atoms with Crippen LogP contribution in [0.15, 0.2) is 30.5 Å². The lowest BCUT2D eigenvalue weighted by Crippen LogP contribution is -2.36. The van der Waals surface area contributed by atoms with Gasteiger partial charge in [0.25, 0.3) is 5.91 Å². The average Bonchev–Trinajstić information content (AvgIpc) is 3.38. The number of aryl methyl sites for hydroxylation is 1. The van der Waals surface area contributed by atoms with E-state index >= 15 is 0 Å². The summed E-state index contributed by atoms with van der Waals surface area (Å²) in [6.07, 6.45) is 5.18. The summed E-state index contributed by atoms with van der Waals surface area (Å²) in [5, 5.41) is 0.945. The third-order valence-corrected chi connectivity index (χ3v) is 8.29. The highest BCUT2D eigenvalue weighted by molar-refractivity contribution is 7.18. The molecule has 5 rings (SSSR count). The Morgan fingerprint density at radius 3 is 2.54 bits per heavy atom. The molecule has 2 aliphatic rings. The highest BCUT2D eigenvalue weighted by Gasteiger charge is 2.38. The van der Waals surface area contributed by atoms with Crippen molar-refractivity contribution in [1.82, 2.24) is 19.8 Å². The number of hydrogen-bond acceptors (Lipinski definition) is 7. The summed E-state index contributed by atoms with van der Waals surface area (Å²) >= 11 is 1.59. The van der Waals surface area contributed by atoms with E-state index in [1.165, 1.54) is 19.3 Å². The van der Waals surface area contributed by atoms with Gasteiger partial charge < -0.3 is 19.4 Å². The molecule has 0 unspecified atom stereocenters. The van der Waals surface area contributed by atoms with Gasteiger partial charge in [-0.2, -0.15) is 0 Å². The van der Waals surface area contributed by atoms with Crippen molar-refractivity contribution in [3.63, 3.8) is 0 Å². The topological polar surface area (TPSA) is 87.8 Å². The highest BCUT2D eigenvalue weighted by atomic mass is 32.1. The molecule has 2 aliphatic heterocycles. The van der Waals surface area contributed by atoms with Crippen LogP contribution in [-0.2, 0) is 14.9 Å². The number of likely N-dealkylation sites (tertiary alicyclic amines) is 1. The van der Waals surface area contributed by atoms with Crippen molar-refractivity contribution in [2.45, 2.75) is 65.4 Å². The van der Waals surface area contributed by atoms with E-state index in [9.17, 15) is 9.59 Å². The van der Waals surface area contributed by atoms with E-state index in [1.54, 1.807) is 34.6 Å². The zero-order chi connectivity index (χ0) is 27.7. The van der Waals surface area contributed by atoms with Crippen LogP contribution in [0.2, 0.25) is 0 Å². The molecule has 8 nitrogen and oxygen atoms in total. The van der Waals surface area contributed by atoms with Gasteiger partial charge in [0.15, 0.2) is 0 Å². The predicted octanol–water partition coefficient (Wildman–Crippen LogP) is 5.52. The van der Waals surface area contributed by atoms with Crippen molar-refractivity contribution in [3.05, 3.63) is 52.3 Å². The Morgan fingerprint density at radius 2 is 1.85 bits per heavy atom. The molecule has 1 aromatic carbocycles. The second-order valence-electron chi connectivity index (χ2n) is 11.4. The third kappa shape index (κ3) is 5.89. The van der Waals surface area contributed by atoms with Gasteiger partial charge in [0.1, 0.15) is 18.0 Å². The number of aromatic amines is 1. The number of aromatic nitrogens is 2. The largest absolute Gasteiger partial charge is 0.492 e. The average molecular weight is 551 g/mol. The van der Waals surface area contributed by atoms with Crippen molar-refractivity contribution in [2.75, 3.05) is 32.8 Å². The standard InChI is InChI=1S/C30H38N4O4S/c1-19(2)38-29(36)23-17-34(18-30(4,5)24-25(23)32-27-26(24)39-20(3)31-27)28(35)21-9-11-22(12-10-21)37-16-15-33-13-7-6-8-14-33/h9-12,17,19,32H,6-8,13-16,18H2,1-5H3. The molecule has 208 valence electrons. The summed E-state index contributed by atoms with van der Waals surface area (Å²) in [5.41, 5.74) is 2.84. The zero-order valence-corrected chi connectivity index (χ0v) is 24.3. The summed E-state index contributed by atoms with van der Waals surface area (Å²) in [6, 6.07) is 7.27. The molecule has 3 aromatic rings. The van der Waals surface area contributed by atoms with Crippen molar-refractivity contribution >= 4 is 39.1 Å². The van der Waals surface area contributed by atoms with Crippen LogP contribution in [0.1, 0.15) is 73.6 Å². The predicted molar refractivity (Wildman–Crippen MR) is 154 cm³/mol. The Kier molecular flexibility index (Phi) is 7.82. The van der Waals surface area contributed by atoms with E-state index in [0.29, 0.717) is 30.0 Å². The molecular formula is C30H38N4O4S. The highest BCUT2D eigenvalue weighted by Crippen LogP contribution is 2.42. The van der Waals surface area contributed by atoms with Crippen LogP contribution in [0.4, 0.5) is 0 Å². The number of thiazole rings is 1. The first kappa shape index (κ1) is 27.4. The summed E-state index contributed by atoms with van der Waals surface area (Å²) in [4.78, 5) is 39.1. The van der Waals surface area contributed by atoms with E-state index in [4.69, 9.17) is 9.47 Å². The van der Waals surface area contributed by atoms with Gasteiger partial charge in [-0.25, -0.2) is 9.78 Å². The summed E-state index contributed by atoms with van der Waals surface area (Å²) in [5.74, 6) is 0.0962. The fourth-order valence-electron chi connectivity index (χ4n) is 5.49. The molecule has 9 heteroatoms.